The highest BCUT2D eigenvalue weighted by atomic mass is 16.6. The number of nitrogens with one attached hydrogen (secondary N) is 1. The number of hydrazone groups is 1. The van der Waals surface area contributed by atoms with Crippen molar-refractivity contribution < 1.29 is 19.1 Å². The van der Waals surface area contributed by atoms with Crippen LogP contribution in [-0.2, 0) is 9.53 Å². The summed E-state index contributed by atoms with van der Waals surface area (Å²) in [4.78, 5) is 21.5. The summed E-state index contributed by atoms with van der Waals surface area (Å²) < 4.78 is 9.97. The minimum atomic E-state index is -0.744. The molecule has 0 aliphatic carbocycles. The molecule has 1 aromatic rings. The molecule has 0 heterocycles. The average molecular weight is 265 g/mol. The van der Waals surface area contributed by atoms with Crippen LogP contribution in [0.25, 0.3) is 0 Å². The van der Waals surface area contributed by atoms with E-state index in [4.69, 9.17) is 15.2 Å². The molecule has 0 spiro atoms. The van der Waals surface area contributed by atoms with Gasteiger partial charge in [-0.3, -0.25) is 0 Å². The second-order valence-electron chi connectivity index (χ2n) is 3.40. The van der Waals surface area contributed by atoms with Crippen molar-refractivity contribution in [2.75, 3.05) is 13.2 Å². The van der Waals surface area contributed by atoms with Crippen molar-refractivity contribution in [2.24, 2.45) is 10.8 Å². The lowest BCUT2D eigenvalue weighted by atomic mass is 10.2. The van der Waals surface area contributed by atoms with Crippen LogP contribution in [0.3, 0.4) is 0 Å². The van der Waals surface area contributed by atoms with Crippen LogP contribution in [0.1, 0.15) is 12.5 Å². The Morgan fingerprint density at radius 1 is 1.47 bits per heavy atom. The quantitative estimate of drug-likeness (QED) is 0.447. The van der Waals surface area contributed by atoms with Gasteiger partial charge in [0.25, 0.3) is 0 Å². The average Bonchev–Trinajstić information content (AvgIpc) is 2.37. The fraction of sp³-hybridized carbons (Fsp3) is 0.250. The third kappa shape index (κ3) is 6.06. The van der Waals surface area contributed by atoms with Gasteiger partial charge in [-0.05, 0) is 24.6 Å². The molecule has 2 amide bonds. The number of benzene rings is 1. The maximum Gasteiger partial charge on any atom is 0.344 e. The van der Waals surface area contributed by atoms with E-state index in [1.54, 1.807) is 31.2 Å². The predicted molar refractivity (Wildman–Crippen MR) is 68.9 cm³/mol. The molecule has 0 bridgehead atoms. The number of hydrogen-bond acceptors (Lipinski definition) is 5. The molecule has 0 radical (unpaired) electrons. The number of primary amides is 1. The molecular formula is C12H15N3O4. The molecule has 0 saturated carbocycles. The summed E-state index contributed by atoms with van der Waals surface area (Å²) in [5.41, 5.74) is 7.62. The number of hydrogen-bond donors (Lipinski definition) is 2. The van der Waals surface area contributed by atoms with Crippen LogP contribution in [0.5, 0.6) is 5.75 Å². The number of nitrogens with two attached hydrogens (primary N) is 1. The van der Waals surface area contributed by atoms with Gasteiger partial charge in [0.2, 0.25) is 0 Å². The second-order valence-corrected chi connectivity index (χ2v) is 3.40. The molecule has 0 aliphatic heterocycles. The molecule has 0 saturated heterocycles. The fourth-order valence-electron chi connectivity index (χ4n) is 1.20. The zero-order chi connectivity index (χ0) is 14.1. The zero-order valence-electron chi connectivity index (χ0n) is 10.5. The molecule has 0 fully saturated rings. The van der Waals surface area contributed by atoms with Crippen molar-refractivity contribution in [3.05, 3.63) is 29.8 Å². The van der Waals surface area contributed by atoms with Crippen molar-refractivity contribution in [1.29, 1.82) is 0 Å². The van der Waals surface area contributed by atoms with Gasteiger partial charge in [0.15, 0.2) is 6.61 Å². The van der Waals surface area contributed by atoms with Crippen molar-refractivity contribution in [3.63, 3.8) is 0 Å². The topological polar surface area (TPSA) is 103 Å². The smallest absolute Gasteiger partial charge is 0.344 e. The summed E-state index contributed by atoms with van der Waals surface area (Å²) in [7, 11) is 0. The molecule has 0 aliphatic rings. The summed E-state index contributed by atoms with van der Waals surface area (Å²) in [5, 5.41) is 3.61. The van der Waals surface area contributed by atoms with E-state index in [9.17, 15) is 9.59 Å². The molecule has 3 N–H and O–H groups in total. The van der Waals surface area contributed by atoms with Gasteiger partial charge in [0.1, 0.15) is 5.75 Å². The van der Waals surface area contributed by atoms with Crippen LogP contribution in [-0.4, -0.2) is 31.4 Å². The molecule has 0 unspecified atom stereocenters. The summed E-state index contributed by atoms with van der Waals surface area (Å²) in [6, 6.07) is 6.09. The number of amides is 2. The van der Waals surface area contributed by atoms with Gasteiger partial charge in [0.05, 0.1) is 12.8 Å². The van der Waals surface area contributed by atoms with Gasteiger partial charge in [-0.15, -0.1) is 0 Å². The molecule has 102 valence electrons. The zero-order valence-corrected chi connectivity index (χ0v) is 10.5. The van der Waals surface area contributed by atoms with Gasteiger partial charge in [0, 0.05) is 0 Å². The number of rotatable bonds is 6. The SMILES string of the molecule is CCOC(=O)COc1cccc(C=NNC(N)=O)c1. The summed E-state index contributed by atoms with van der Waals surface area (Å²) in [5.74, 6) is 0.0630. The molecule has 7 heteroatoms. The largest absolute Gasteiger partial charge is 0.482 e. The lowest BCUT2D eigenvalue weighted by molar-refractivity contribution is -0.145. The number of carbonyl (C=O) groups excluding carboxylic acids is 2. The Labute approximate surface area is 110 Å². The highest BCUT2D eigenvalue weighted by Gasteiger charge is 2.03. The van der Waals surface area contributed by atoms with E-state index >= 15 is 0 Å². The lowest BCUT2D eigenvalue weighted by Crippen LogP contribution is -2.24. The highest BCUT2D eigenvalue weighted by Crippen LogP contribution is 2.11. The molecule has 7 nitrogen and oxygen atoms in total. The normalized spacial score (nSPS) is 10.2. The monoisotopic (exact) mass is 265 g/mol. The van der Waals surface area contributed by atoms with Gasteiger partial charge in [-0.2, -0.15) is 5.10 Å². The Kier molecular flexibility index (Phi) is 5.87. The highest BCUT2D eigenvalue weighted by molar-refractivity contribution is 5.82. The van der Waals surface area contributed by atoms with Crippen LogP contribution in [0.4, 0.5) is 4.79 Å². The molecule has 1 rings (SSSR count). The van der Waals surface area contributed by atoms with Crippen molar-refractivity contribution in [3.8, 4) is 5.75 Å². The van der Waals surface area contributed by atoms with Crippen LogP contribution < -0.4 is 15.9 Å². The Morgan fingerprint density at radius 2 is 2.26 bits per heavy atom. The summed E-state index contributed by atoms with van der Waals surface area (Å²) >= 11 is 0. The number of urea groups is 1. The maximum atomic E-state index is 11.1. The van der Waals surface area contributed by atoms with E-state index in [1.165, 1.54) is 6.21 Å². The number of esters is 1. The third-order valence-electron chi connectivity index (χ3n) is 1.91. The maximum absolute atomic E-state index is 11.1. The number of nitrogens with zero attached hydrogens (tertiary/aromatic N) is 1. The minimum Gasteiger partial charge on any atom is -0.482 e. The summed E-state index contributed by atoms with van der Waals surface area (Å²) in [6.07, 6.45) is 1.40. The van der Waals surface area contributed by atoms with E-state index in [1.807, 2.05) is 0 Å². The molecule has 19 heavy (non-hydrogen) atoms. The van der Waals surface area contributed by atoms with Crippen LogP contribution in [0, 0.1) is 0 Å². The second kappa shape index (κ2) is 7.70. The van der Waals surface area contributed by atoms with E-state index in [0.717, 1.165) is 0 Å². The first-order valence-corrected chi connectivity index (χ1v) is 5.59. The molecule has 0 atom stereocenters. The predicted octanol–water partition coefficient (Wildman–Crippen LogP) is 0.631. The summed E-state index contributed by atoms with van der Waals surface area (Å²) in [6.45, 7) is 1.88. The van der Waals surface area contributed by atoms with Crippen LogP contribution in [0.15, 0.2) is 29.4 Å². The Hall–Kier alpha value is -2.57. The third-order valence-corrected chi connectivity index (χ3v) is 1.91. The van der Waals surface area contributed by atoms with Crippen LogP contribution >= 0.6 is 0 Å². The van der Waals surface area contributed by atoms with E-state index in [-0.39, 0.29) is 6.61 Å². The van der Waals surface area contributed by atoms with Gasteiger partial charge in [-0.25, -0.2) is 15.0 Å². The standard InChI is InChI=1S/C12H15N3O4/c1-2-18-11(16)8-19-10-5-3-4-9(6-10)7-14-15-12(13)17/h3-7H,2,8H2,1H3,(H3,13,15,17). The van der Waals surface area contributed by atoms with Gasteiger partial charge < -0.3 is 15.2 Å². The first kappa shape index (κ1) is 14.5. The van der Waals surface area contributed by atoms with E-state index < -0.39 is 12.0 Å². The molecule has 1 aromatic carbocycles. The Bertz CT molecular complexity index is 474. The van der Waals surface area contributed by atoms with Crippen molar-refractivity contribution in [2.45, 2.75) is 6.92 Å². The van der Waals surface area contributed by atoms with E-state index in [0.29, 0.717) is 17.9 Å². The fourth-order valence-corrected chi connectivity index (χ4v) is 1.20. The van der Waals surface area contributed by atoms with E-state index in [2.05, 4.69) is 10.5 Å². The van der Waals surface area contributed by atoms with Gasteiger partial charge >= 0.3 is 12.0 Å². The Balaban J connectivity index is 2.54. The van der Waals surface area contributed by atoms with Crippen molar-refractivity contribution >= 4 is 18.2 Å². The lowest BCUT2D eigenvalue weighted by Gasteiger charge is -2.06. The Morgan fingerprint density at radius 3 is 2.95 bits per heavy atom. The first-order chi connectivity index (χ1) is 9.11. The van der Waals surface area contributed by atoms with Crippen LogP contribution in [0.2, 0.25) is 0 Å². The molecule has 0 aromatic heterocycles. The van der Waals surface area contributed by atoms with Gasteiger partial charge in [-0.1, -0.05) is 12.1 Å². The minimum absolute atomic E-state index is 0.159. The number of ether oxygens (including phenoxy) is 2. The molecular weight excluding hydrogens is 250 g/mol. The van der Waals surface area contributed by atoms with Crippen molar-refractivity contribution in [1.82, 2.24) is 5.43 Å². The first-order valence-electron chi connectivity index (χ1n) is 5.59. The number of carbonyl (C=O) groups is 2.